The molecule has 1 aromatic heterocycles. The fourth-order valence-electron chi connectivity index (χ4n) is 1.95. The number of aromatic nitrogens is 2. The van der Waals surface area contributed by atoms with Crippen molar-refractivity contribution in [2.45, 2.75) is 24.9 Å². The number of hydrogen-bond acceptors (Lipinski definition) is 6. The van der Waals surface area contributed by atoms with E-state index in [1.807, 2.05) is 0 Å². The van der Waals surface area contributed by atoms with Crippen molar-refractivity contribution in [1.29, 1.82) is 0 Å². The standard InChI is InChI=1S/C13H22N6OS/c1-2-3-8-21-12-17-10(14)9-11(18-12)15-4-6-19-7-5-16-13(19)20/h9H,2-8H2,1H3,(H,16,20)(H3,14,15,17,18). The Balaban J connectivity index is 1.82. The number of nitrogens with zero attached hydrogens (tertiary/aromatic N) is 3. The van der Waals surface area contributed by atoms with Crippen molar-refractivity contribution in [3.05, 3.63) is 6.07 Å². The quantitative estimate of drug-likeness (QED) is 0.381. The first-order valence-electron chi connectivity index (χ1n) is 7.23. The number of hydrogen-bond donors (Lipinski definition) is 3. The first kappa shape index (κ1) is 15.7. The molecule has 0 radical (unpaired) electrons. The molecule has 0 unspecified atom stereocenters. The number of urea groups is 1. The van der Waals surface area contributed by atoms with E-state index in [4.69, 9.17) is 5.73 Å². The van der Waals surface area contributed by atoms with Crippen LogP contribution in [0.5, 0.6) is 0 Å². The molecule has 1 aromatic rings. The molecular formula is C13H22N6OS. The third-order valence-electron chi connectivity index (χ3n) is 3.09. The molecule has 7 nitrogen and oxygen atoms in total. The molecule has 0 bridgehead atoms. The Hall–Kier alpha value is -1.70. The summed E-state index contributed by atoms with van der Waals surface area (Å²) in [5, 5.41) is 6.67. The highest BCUT2D eigenvalue weighted by Crippen LogP contribution is 2.18. The predicted molar refractivity (Wildman–Crippen MR) is 85.5 cm³/mol. The van der Waals surface area contributed by atoms with Gasteiger partial charge in [-0.25, -0.2) is 14.8 Å². The molecule has 1 aliphatic rings. The van der Waals surface area contributed by atoms with Gasteiger partial charge in [0.25, 0.3) is 0 Å². The Kier molecular flexibility index (Phi) is 5.91. The normalized spacial score (nSPS) is 14.3. The van der Waals surface area contributed by atoms with E-state index in [0.717, 1.165) is 31.7 Å². The molecule has 21 heavy (non-hydrogen) atoms. The van der Waals surface area contributed by atoms with Crippen LogP contribution in [0.15, 0.2) is 11.2 Å². The van der Waals surface area contributed by atoms with E-state index >= 15 is 0 Å². The summed E-state index contributed by atoms with van der Waals surface area (Å²) in [7, 11) is 0. The molecule has 1 aliphatic heterocycles. The maximum atomic E-state index is 11.4. The molecule has 116 valence electrons. The molecule has 0 atom stereocenters. The van der Waals surface area contributed by atoms with Gasteiger partial charge in [0.2, 0.25) is 0 Å². The average molecular weight is 310 g/mol. The van der Waals surface area contributed by atoms with Gasteiger partial charge in [0.15, 0.2) is 5.16 Å². The molecule has 2 rings (SSSR count). The fraction of sp³-hybridized carbons (Fsp3) is 0.615. The largest absolute Gasteiger partial charge is 0.383 e. The van der Waals surface area contributed by atoms with E-state index in [1.54, 1.807) is 22.7 Å². The molecule has 2 amide bonds. The van der Waals surface area contributed by atoms with Gasteiger partial charge in [-0.2, -0.15) is 0 Å². The van der Waals surface area contributed by atoms with Gasteiger partial charge in [0.05, 0.1) is 0 Å². The number of nitrogens with two attached hydrogens (primary N) is 1. The molecule has 2 heterocycles. The average Bonchev–Trinajstić information content (AvgIpc) is 2.84. The summed E-state index contributed by atoms with van der Waals surface area (Å²) in [4.78, 5) is 21.8. The van der Waals surface area contributed by atoms with Crippen LogP contribution in [0.25, 0.3) is 0 Å². The molecule has 0 saturated carbocycles. The number of amides is 2. The van der Waals surface area contributed by atoms with E-state index in [9.17, 15) is 4.79 Å². The molecule has 0 spiro atoms. The zero-order valence-electron chi connectivity index (χ0n) is 12.3. The van der Waals surface area contributed by atoms with Crippen molar-refractivity contribution >= 4 is 29.4 Å². The van der Waals surface area contributed by atoms with Gasteiger partial charge in [-0.15, -0.1) is 0 Å². The lowest BCUT2D eigenvalue weighted by Crippen LogP contribution is -2.32. The second-order valence-electron chi connectivity index (χ2n) is 4.81. The van der Waals surface area contributed by atoms with Crippen LogP contribution in [-0.4, -0.2) is 52.8 Å². The van der Waals surface area contributed by atoms with Crippen molar-refractivity contribution in [3.8, 4) is 0 Å². The maximum Gasteiger partial charge on any atom is 0.317 e. The van der Waals surface area contributed by atoms with Crippen LogP contribution in [0.3, 0.4) is 0 Å². The Bertz CT molecular complexity index is 484. The van der Waals surface area contributed by atoms with Crippen LogP contribution in [0.2, 0.25) is 0 Å². The van der Waals surface area contributed by atoms with Gasteiger partial charge >= 0.3 is 6.03 Å². The van der Waals surface area contributed by atoms with E-state index in [1.165, 1.54) is 0 Å². The minimum Gasteiger partial charge on any atom is -0.383 e. The summed E-state index contributed by atoms with van der Waals surface area (Å²) >= 11 is 1.62. The molecule has 0 aromatic carbocycles. The summed E-state index contributed by atoms with van der Waals surface area (Å²) in [6.07, 6.45) is 2.29. The number of thioether (sulfide) groups is 1. The lowest BCUT2D eigenvalue weighted by atomic mass is 10.4. The molecule has 8 heteroatoms. The zero-order valence-corrected chi connectivity index (χ0v) is 13.1. The molecule has 1 saturated heterocycles. The van der Waals surface area contributed by atoms with Crippen molar-refractivity contribution in [3.63, 3.8) is 0 Å². The Morgan fingerprint density at radius 2 is 2.38 bits per heavy atom. The summed E-state index contributed by atoms with van der Waals surface area (Å²) in [5.41, 5.74) is 5.80. The van der Waals surface area contributed by atoms with E-state index in [0.29, 0.717) is 29.9 Å². The Labute approximate surface area is 129 Å². The van der Waals surface area contributed by atoms with Crippen LogP contribution >= 0.6 is 11.8 Å². The third kappa shape index (κ3) is 4.96. The summed E-state index contributed by atoms with van der Waals surface area (Å²) in [6.45, 7) is 4.92. The van der Waals surface area contributed by atoms with Crippen molar-refractivity contribution in [1.82, 2.24) is 20.2 Å². The molecule has 0 aliphatic carbocycles. The number of nitrogens with one attached hydrogen (secondary N) is 2. The second kappa shape index (κ2) is 7.92. The summed E-state index contributed by atoms with van der Waals surface area (Å²) < 4.78 is 0. The SMILES string of the molecule is CCCCSc1nc(N)cc(NCCN2CCNC2=O)n1. The third-order valence-corrected chi connectivity index (χ3v) is 4.02. The topological polar surface area (TPSA) is 96.2 Å². The Morgan fingerprint density at radius 3 is 3.10 bits per heavy atom. The fourth-order valence-corrected chi connectivity index (χ4v) is 2.90. The van der Waals surface area contributed by atoms with Gasteiger partial charge in [-0.3, -0.25) is 0 Å². The van der Waals surface area contributed by atoms with Gasteiger partial charge in [-0.1, -0.05) is 25.1 Å². The van der Waals surface area contributed by atoms with Gasteiger partial charge in [0.1, 0.15) is 11.6 Å². The van der Waals surface area contributed by atoms with Crippen LogP contribution in [0.1, 0.15) is 19.8 Å². The van der Waals surface area contributed by atoms with E-state index in [2.05, 4.69) is 27.5 Å². The van der Waals surface area contributed by atoms with Crippen LogP contribution in [-0.2, 0) is 0 Å². The Morgan fingerprint density at radius 1 is 1.52 bits per heavy atom. The highest BCUT2D eigenvalue weighted by molar-refractivity contribution is 7.99. The first-order chi connectivity index (χ1) is 10.2. The minimum absolute atomic E-state index is 0.00480. The number of carbonyl (C=O) groups is 1. The summed E-state index contributed by atoms with van der Waals surface area (Å²) in [5.74, 6) is 2.17. The molecular weight excluding hydrogens is 288 g/mol. The lowest BCUT2D eigenvalue weighted by molar-refractivity contribution is 0.219. The number of unbranched alkanes of at least 4 members (excludes halogenated alkanes) is 1. The monoisotopic (exact) mass is 310 g/mol. The lowest BCUT2D eigenvalue weighted by Gasteiger charge is -2.14. The predicted octanol–water partition coefficient (Wildman–Crippen LogP) is 1.39. The van der Waals surface area contributed by atoms with Crippen molar-refractivity contribution < 1.29 is 4.79 Å². The zero-order chi connectivity index (χ0) is 15.1. The van der Waals surface area contributed by atoms with E-state index < -0.39 is 0 Å². The smallest absolute Gasteiger partial charge is 0.317 e. The first-order valence-corrected chi connectivity index (χ1v) is 8.21. The van der Waals surface area contributed by atoms with Gasteiger partial charge < -0.3 is 21.3 Å². The van der Waals surface area contributed by atoms with Gasteiger partial charge in [-0.05, 0) is 6.42 Å². The van der Waals surface area contributed by atoms with Crippen LogP contribution in [0.4, 0.5) is 16.4 Å². The van der Waals surface area contributed by atoms with Gasteiger partial charge in [0, 0.05) is 38.0 Å². The highest BCUT2D eigenvalue weighted by atomic mass is 32.2. The maximum absolute atomic E-state index is 11.4. The number of anilines is 2. The van der Waals surface area contributed by atoms with Crippen molar-refractivity contribution in [2.75, 3.05) is 43.0 Å². The van der Waals surface area contributed by atoms with E-state index in [-0.39, 0.29) is 6.03 Å². The second-order valence-corrected chi connectivity index (χ2v) is 5.87. The van der Waals surface area contributed by atoms with Crippen molar-refractivity contribution in [2.24, 2.45) is 0 Å². The highest BCUT2D eigenvalue weighted by Gasteiger charge is 2.18. The summed E-state index contributed by atoms with van der Waals surface area (Å²) in [6, 6.07) is 1.71. The molecule has 1 fully saturated rings. The molecule has 4 N–H and O–H groups in total. The van der Waals surface area contributed by atoms with Crippen LogP contribution < -0.4 is 16.4 Å². The van der Waals surface area contributed by atoms with Crippen LogP contribution in [0, 0.1) is 0 Å². The number of carbonyl (C=O) groups excluding carboxylic acids is 1. The number of nitrogen functional groups attached to an aromatic ring is 1. The minimum atomic E-state index is -0.00480. The number of rotatable bonds is 8.